The van der Waals surface area contributed by atoms with Crippen LogP contribution in [0.1, 0.15) is 37.7 Å². The van der Waals surface area contributed by atoms with Gasteiger partial charge in [-0.15, -0.1) is 0 Å². The predicted molar refractivity (Wildman–Crippen MR) is 84.9 cm³/mol. The maximum Gasteiger partial charge on any atom is 0.229 e. The van der Waals surface area contributed by atoms with Gasteiger partial charge in [-0.1, -0.05) is 36.8 Å². The summed E-state index contributed by atoms with van der Waals surface area (Å²) in [5.41, 5.74) is 6.40. The van der Waals surface area contributed by atoms with E-state index in [0.717, 1.165) is 25.7 Å². The summed E-state index contributed by atoms with van der Waals surface area (Å²) in [5.74, 6) is -0.00391. The van der Waals surface area contributed by atoms with Crippen LogP contribution in [0.5, 0.6) is 0 Å². The number of nitrogens with zero attached hydrogens (tertiary/aromatic N) is 1. The van der Waals surface area contributed by atoms with Gasteiger partial charge in [0, 0.05) is 19.0 Å². The Morgan fingerprint density at radius 3 is 2.27 bits per heavy atom. The third-order valence-corrected chi connectivity index (χ3v) is 5.33. The van der Waals surface area contributed by atoms with Gasteiger partial charge in [-0.05, 0) is 37.7 Å². The molecular formula is C18H24N2O2. The molecule has 118 valence electrons. The first-order valence-corrected chi connectivity index (χ1v) is 8.23. The highest BCUT2D eigenvalue weighted by Gasteiger charge is 2.46. The molecular weight excluding hydrogens is 276 g/mol. The Balaban J connectivity index is 1.66. The van der Waals surface area contributed by atoms with Gasteiger partial charge < -0.3 is 10.6 Å². The zero-order valence-electron chi connectivity index (χ0n) is 13.0. The van der Waals surface area contributed by atoms with Crippen molar-refractivity contribution in [3.8, 4) is 0 Å². The number of piperidine rings is 1. The molecule has 2 amide bonds. The van der Waals surface area contributed by atoms with E-state index in [4.69, 9.17) is 5.73 Å². The highest BCUT2D eigenvalue weighted by molar-refractivity contribution is 5.84. The van der Waals surface area contributed by atoms with Gasteiger partial charge in [0.15, 0.2) is 0 Å². The summed E-state index contributed by atoms with van der Waals surface area (Å²) in [7, 11) is 0. The highest BCUT2D eigenvalue weighted by Crippen LogP contribution is 2.45. The molecule has 0 aromatic heterocycles. The van der Waals surface area contributed by atoms with E-state index in [0.29, 0.717) is 25.9 Å². The molecule has 0 atom stereocenters. The van der Waals surface area contributed by atoms with E-state index in [1.807, 2.05) is 23.1 Å². The summed E-state index contributed by atoms with van der Waals surface area (Å²) in [6.45, 7) is 1.34. The number of benzene rings is 1. The second-order valence-corrected chi connectivity index (χ2v) is 6.77. The normalized spacial score (nSPS) is 21.2. The van der Waals surface area contributed by atoms with Crippen LogP contribution in [0, 0.1) is 11.3 Å². The molecule has 1 aliphatic heterocycles. The zero-order valence-corrected chi connectivity index (χ0v) is 13.0. The van der Waals surface area contributed by atoms with Gasteiger partial charge in [0.05, 0.1) is 5.41 Å². The van der Waals surface area contributed by atoms with E-state index in [1.54, 1.807) is 0 Å². The molecule has 2 N–H and O–H groups in total. The molecule has 2 fully saturated rings. The number of carbonyl (C=O) groups is 2. The first-order chi connectivity index (χ1) is 10.6. The summed E-state index contributed by atoms with van der Waals surface area (Å²) >= 11 is 0. The van der Waals surface area contributed by atoms with E-state index in [9.17, 15) is 9.59 Å². The van der Waals surface area contributed by atoms with E-state index in [1.165, 1.54) is 5.56 Å². The molecule has 0 spiro atoms. The van der Waals surface area contributed by atoms with Gasteiger partial charge in [0.2, 0.25) is 11.8 Å². The summed E-state index contributed by atoms with van der Waals surface area (Å²) < 4.78 is 0. The van der Waals surface area contributed by atoms with Crippen molar-refractivity contribution in [1.82, 2.24) is 4.90 Å². The molecule has 1 aromatic carbocycles. The van der Waals surface area contributed by atoms with Crippen molar-refractivity contribution >= 4 is 11.8 Å². The van der Waals surface area contributed by atoms with Gasteiger partial charge in [-0.25, -0.2) is 0 Å². The second-order valence-electron chi connectivity index (χ2n) is 6.77. The van der Waals surface area contributed by atoms with Crippen molar-refractivity contribution in [2.24, 2.45) is 17.1 Å². The fourth-order valence-corrected chi connectivity index (χ4v) is 3.76. The number of amides is 2. The van der Waals surface area contributed by atoms with Gasteiger partial charge in [0.1, 0.15) is 0 Å². The van der Waals surface area contributed by atoms with Gasteiger partial charge >= 0.3 is 0 Å². The van der Waals surface area contributed by atoms with Crippen molar-refractivity contribution in [2.45, 2.75) is 38.5 Å². The molecule has 0 radical (unpaired) electrons. The van der Waals surface area contributed by atoms with E-state index < -0.39 is 0 Å². The Morgan fingerprint density at radius 1 is 1.14 bits per heavy atom. The van der Waals surface area contributed by atoms with Crippen LogP contribution >= 0.6 is 0 Å². The molecule has 4 nitrogen and oxygen atoms in total. The van der Waals surface area contributed by atoms with Crippen LogP contribution in [0.4, 0.5) is 0 Å². The lowest BCUT2D eigenvalue weighted by Crippen LogP contribution is -2.52. The molecule has 1 heterocycles. The van der Waals surface area contributed by atoms with E-state index in [2.05, 4.69) is 12.1 Å². The molecule has 0 bridgehead atoms. The lowest BCUT2D eigenvalue weighted by atomic mass is 9.64. The molecule has 2 aliphatic rings. The number of hydrogen-bond acceptors (Lipinski definition) is 2. The number of nitrogens with two attached hydrogens (primary N) is 1. The Morgan fingerprint density at radius 2 is 1.77 bits per heavy atom. The minimum atomic E-state index is -0.227. The number of rotatable bonds is 4. The first kappa shape index (κ1) is 15.1. The van der Waals surface area contributed by atoms with Gasteiger partial charge in [0.25, 0.3) is 0 Å². The third-order valence-electron chi connectivity index (χ3n) is 5.33. The molecule has 1 saturated heterocycles. The standard InChI is InChI=1S/C18H24N2O2/c19-16(21)15-7-11-20(12-8-15)17(22)18(9-4-10-18)13-14-5-2-1-3-6-14/h1-3,5-6,15H,4,7-13H2,(H2,19,21). The average molecular weight is 300 g/mol. The molecule has 3 rings (SSSR count). The number of hydrogen-bond donors (Lipinski definition) is 1. The molecule has 0 unspecified atom stereocenters. The largest absolute Gasteiger partial charge is 0.369 e. The SMILES string of the molecule is NC(=O)C1CCN(C(=O)C2(Cc3ccccc3)CCC2)CC1. The fourth-order valence-electron chi connectivity index (χ4n) is 3.76. The van der Waals surface area contributed by atoms with Crippen LogP contribution in [0.3, 0.4) is 0 Å². The summed E-state index contributed by atoms with van der Waals surface area (Å²) in [6, 6.07) is 10.3. The van der Waals surface area contributed by atoms with Crippen LogP contribution in [0.25, 0.3) is 0 Å². The van der Waals surface area contributed by atoms with E-state index >= 15 is 0 Å². The summed E-state index contributed by atoms with van der Waals surface area (Å²) in [4.78, 5) is 26.2. The lowest BCUT2D eigenvalue weighted by Gasteiger charge is -2.45. The van der Waals surface area contributed by atoms with Crippen LogP contribution in [-0.4, -0.2) is 29.8 Å². The maximum atomic E-state index is 13.0. The Bertz CT molecular complexity index is 543. The third kappa shape index (κ3) is 2.87. The monoisotopic (exact) mass is 300 g/mol. The Labute approximate surface area is 131 Å². The Kier molecular flexibility index (Phi) is 4.19. The summed E-state index contributed by atoms with van der Waals surface area (Å²) in [5, 5.41) is 0. The van der Waals surface area contributed by atoms with Crippen LogP contribution < -0.4 is 5.73 Å². The topological polar surface area (TPSA) is 63.4 Å². The minimum absolute atomic E-state index is 0.0597. The average Bonchev–Trinajstić information content (AvgIpc) is 2.51. The number of primary amides is 1. The number of likely N-dealkylation sites (tertiary alicyclic amines) is 1. The quantitative estimate of drug-likeness (QED) is 0.925. The first-order valence-electron chi connectivity index (χ1n) is 8.23. The molecule has 1 aliphatic carbocycles. The van der Waals surface area contributed by atoms with Crippen molar-refractivity contribution < 1.29 is 9.59 Å². The fraction of sp³-hybridized carbons (Fsp3) is 0.556. The predicted octanol–water partition coefficient (Wildman–Crippen LogP) is 2.12. The van der Waals surface area contributed by atoms with Crippen LogP contribution in [0.2, 0.25) is 0 Å². The Hall–Kier alpha value is -1.84. The van der Waals surface area contributed by atoms with Gasteiger partial charge in [-0.3, -0.25) is 9.59 Å². The van der Waals surface area contributed by atoms with Crippen molar-refractivity contribution in [3.63, 3.8) is 0 Å². The highest BCUT2D eigenvalue weighted by atomic mass is 16.2. The van der Waals surface area contributed by atoms with Crippen molar-refractivity contribution in [1.29, 1.82) is 0 Å². The van der Waals surface area contributed by atoms with Crippen molar-refractivity contribution in [2.75, 3.05) is 13.1 Å². The smallest absolute Gasteiger partial charge is 0.229 e. The molecule has 22 heavy (non-hydrogen) atoms. The van der Waals surface area contributed by atoms with Crippen molar-refractivity contribution in [3.05, 3.63) is 35.9 Å². The second kappa shape index (κ2) is 6.11. The molecule has 1 aromatic rings. The maximum absolute atomic E-state index is 13.0. The van der Waals surface area contributed by atoms with Crippen LogP contribution in [0.15, 0.2) is 30.3 Å². The van der Waals surface area contributed by atoms with Gasteiger partial charge in [-0.2, -0.15) is 0 Å². The zero-order chi connectivity index (χ0) is 15.6. The number of carbonyl (C=O) groups excluding carboxylic acids is 2. The van der Waals surface area contributed by atoms with E-state index in [-0.39, 0.29) is 23.1 Å². The molecule has 1 saturated carbocycles. The lowest BCUT2D eigenvalue weighted by molar-refractivity contribution is -0.149. The van der Waals surface area contributed by atoms with Crippen LogP contribution in [-0.2, 0) is 16.0 Å². The summed E-state index contributed by atoms with van der Waals surface area (Å²) in [6.07, 6.45) is 5.36. The minimum Gasteiger partial charge on any atom is -0.369 e. The molecule has 4 heteroatoms.